The van der Waals surface area contributed by atoms with Gasteiger partial charge in [-0.15, -0.1) is 0 Å². The lowest BCUT2D eigenvalue weighted by molar-refractivity contribution is -0.488. The molecule has 14 nitrogen and oxygen atoms in total. The molecule has 4 aliphatic rings. The Kier molecular flexibility index (Phi) is 14.5. The Morgan fingerprint density at radius 1 is 0.581 bits per heavy atom. The van der Waals surface area contributed by atoms with Crippen LogP contribution in [-0.2, 0) is 66.4 Å². The van der Waals surface area contributed by atoms with Gasteiger partial charge >= 0.3 is 0 Å². The van der Waals surface area contributed by atoms with Gasteiger partial charge in [0.25, 0.3) is 16.6 Å². The van der Waals surface area contributed by atoms with Crippen molar-refractivity contribution >= 4 is 10.1 Å². The molecule has 4 fully saturated rings. The van der Waals surface area contributed by atoms with Gasteiger partial charge in [0.2, 0.25) is 0 Å². The quantitative estimate of drug-likeness (QED) is 0.123. The fraction of sp³-hybridized carbons (Fsp3) is 0.786. The van der Waals surface area contributed by atoms with Crippen LogP contribution in [0.5, 0.6) is 0 Å². The zero-order chi connectivity index (χ0) is 30.5. The molecule has 0 radical (unpaired) electrons. The van der Waals surface area contributed by atoms with Crippen LogP contribution in [0.2, 0.25) is 0 Å². The highest BCUT2D eigenvalue weighted by molar-refractivity contribution is 7.86. The van der Waals surface area contributed by atoms with Crippen LogP contribution in [0.3, 0.4) is 0 Å². The number of methoxy groups -OCH3 is 2. The summed E-state index contributed by atoms with van der Waals surface area (Å²) in [5, 5.41) is 0. The maximum absolute atomic E-state index is 12.3. The molecule has 0 amide bonds. The van der Waals surface area contributed by atoms with E-state index in [2.05, 4.69) is 0 Å². The van der Waals surface area contributed by atoms with Crippen molar-refractivity contribution in [1.82, 2.24) is 0 Å². The van der Waals surface area contributed by atoms with E-state index in [4.69, 9.17) is 56.3 Å². The molecular weight excluding hydrogens is 592 g/mol. The molecule has 0 aromatic heterocycles. The number of hydrogen-bond donors (Lipinski definition) is 0. The molecule has 1 aromatic rings. The van der Waals surface area contributed by atoms with Crippen LogP contribution in [0, 0.1) is 6.92 Å². The standard InChI is InChI=1S/C28H44O14S/c1-20-4-6-21(7-5-20)43(29,30)39-19-15-35-14-18-38-24-26-22(36-16-12-33-10-8-31-2)25-23(27(24)42-28(40-25)41-26)37-17-13-34-11-9-32-3/h4-7,22-28H,8-19H2,1-3H3/t22?,23?,24?,25?,26-,27?,28?/m0/s1. The molecule has 6 unspecified atom stereocenters. The summed E-state index contributed by atoms with van der Waals surface area (Å²) in [7, 11) is -0.624. The first-order chi connectivity index (χ1) is 20.9. The van der Waals surface area contributed by atoms with Crippen molar-refractivity contribution in [3.05, 3.63) is 29.8 Å². The van der Waals surface area contributed by atoms with Gasteiger partial charge in [-0.3, -0.25) is 4.18 Å². The van der Waals surface area contributed by atoms with Gasteiger partial charge in [-0.25, -0.2) is 0 Å². The summed E-state index contributed by atoms with van der Waals surface area (Å²) in [6.45, 7) is 4.70. The fourth-order valence-corrected chi connectivity index (χ4v) is 5.83. The highest BCUT2D eigenvalue weighted by Gasteiger charge is 2.63. The summed E-state index contributed by atoms with van der Waals surface area (Å²) in [4.78, 5) is 0.101. The zero-order valence-electron chi connectivity index (χ0n) is 25.0. The van der Waals surface area contributed by atoms with Crippen molar-refractivity contribution in [2.45, 2.75) is 54.9 Å². The molecule has 5 rings (SSSR count). The van der Waals surface area contributed by atoms with Crippen LogP contribution in [0.15, 0.2) is 29.2 Å². The molecule has 4 bridgehead atoms. The monoisotopic (exact) mass is 636 g/mol. The third-order valence-electron chi connectivity index (χ3n) is 7.00. The second-order valence-corrected chi connectivity index (χ2v) is 11.6. The SMILES string of the molecule is COCCOCCOC1C2OC3OC1C(OCCOCCOS(=O)(=O)c1ccc(C)cc1)[C@@H](O3)C2OCCOCCOC. The van der Waals surface area contributed by atoms with Crippen molar-refractivity contribution < 1.29 is 64.7 Å². The molecule has 246 valence electrons. The van der Waals surface area contributed by atoms with Crippen LogP contribution in [0.25, 0.3) is 0 Å². The summed E-state index contributed by atoms with van der Waals surface area (Å²) in [5.74, 6) is 0. The molecule has 43 heavy (non-hydrogen) atoms. The fourth-order valence-electron chi connectivity index (χ4n) is 4.93. The van der Waals surface area contributed by atoms with Crippen LogP contribution in [0.4, 0.5) is 0 Å². The zero-order valence-corrected chi connectivity index (χ0v) is 25.8. The summed E-state index contributed by atoms with van der Waals surface area (Å²) in [6, 6.07) is 6.45. The first kappa shape index (κ1) is 34.6. The van der Waals surface area contributed by atoms with Gasteiger partial charge in [0.15, 0.2) is 0 Å². The first-order valence-corrected chi connectivity index (χ1v) is 15.8. The van der Waals surface area contributed by atoms with Crippen molar-refractivity contribution in [1.29, 1.82) is 0 Å². The van der Waals surface area contributed by atoms with Crippen LogP contribution < -0.4 is 0 Å². The van der Waals surface area contributed by atoms with E-state index in [1.165, 1.54) is 12.1 Å². The van der Waals surface area contributed by atoms with E-state index in [0.717, 1.165) is 5.56 Å². The molecule has 7 atom stereocenters. The van der Waals surface area contributed by atoms with Crippen molar-refractivity contribution in [2.24, 2.45) is 0 Å². The number of benzene rings is 1. The molecule has 1 aromatic carbocycles. The topological polar surface area (TPSA) is 145 Å². The summed E-state index contributed by atoms with van der Waals surface area (Å²) >= 11 is 0. The first-order valence-electron chi connectivity index (χ1n) is 14.4. The highest BCUT2D eigenvalue weighted by Crippen LogP contribution is 2.43. The largest absolute Gasteiger partial charge is 0.382 e. The number of ether oxygens (including phenoxy) is 11. The van der Waals surface area contributed by atoms with E-state index in [-0.39, 0.29) is 31.3 Å². The summed E-state index contributed by atoms with van der Waals surface area (Å²) in [5.41, 5.74) is 0.958. The average Bonchev–Trinajstić information content (AvgIpc) is 2.99. The van der Waals surface area contributed by atoms with Gasteiger partial charge in [0.05, 0.1) is 84.2 Å². The molecule has 1 aliphatic carbocycles. The van der Waals surface area contributed by atoms with Gasteiger partial charge in [0, 0.05) is 14.2 Å². The third-order valence-corrected chi connectivity index (χ3v) is 8.33. The molecule has 15 heteroatoms. The minimum absolute atomic E-state index is 0.0700. The van der Waals surface area contributed by atoms with Crippen LogP contribution in [-0.4, -0.2) is 145 Å². The lowest BCUT2D eigenvalue weighted by Crippen LogP contribution is -2.76. The van der Waals surface area contributed by atoms with E-state index in [0.29, 0.717) is 52.9 Å². The molecule has 3 saturated heterocycles. The lowest BCUT2D eigenvalue weighted by Gasteiger charge is -2.58. The number of aryl methyl sites for hydroxylation is 1. The second kappa shape index (κ2) is 18.0. The maximum Gasteiger partial charge on any atom is 0.297 e. The van der Waals surface area contributed by atoms with Crippen LogP contribution in [0.1, 0.15) is 5.56 Å². The Labute approximate surface area is 253 Å². The van der Waals surface area contributed by atoms with E-state index in [1.807, 2.05) is 6.92 Å². The van der Waals surface area contributed by atoms with Crippen molar-refractivity contribution in [3.8, 4) is 0 Å². The Morgan fingerprint density at radius 2 is 0.977 bits per heavy atom. The van der Waals surface area contributed by atoms with E-state index >= 15 is 0 Å². The molecule has 3 aliphatic heterocycles. The predicted octanol–water partition coefficient (Wildman–Crippen LogP) is 0.679. The van der Waals surface area contributed by atoms with Crippen molar-refractivity contribution in [2.75, 3.05) is 93.5 Å². The van der Waals surface area contributed by atoms with Gasteiger partial charge in [0.1, 0.15) is 36.6 Å². The lowest BCUT2D eigenvalue weighted by atomic mass is 9.82. The highest BCUT2D eigenvalue weighted by atomic mass is 32.2. The van der Waals surface area contributed by atoms with Crippen molar-refractivity contribution in [3.63, 3.8) is 0 Å². The molecule has 3 heterocycles. The predicted molar refractivity (Wildman–Crippen MR) is 148 cm³/mol. The molecule has 0 N–H and O–H groups in total. The minimum Gasteiger partial charge on any atom is -0.382 e. The third kappa shape index (κ3) is 10.1. The minimum atomic E-state index is -3.85. The van der Waals surface area contributed by atoms with E-state index in [9.17, 15) is 8.42 Å². The maximum atomic E-state index is 12.3. The Balaban J connectivity index is 1.25. The Hall–Kier alpha value is -1.31. The molecular formula is C28H44O14S. The summed E-state index contributed by atoms with van der Waals surface area (Å²) in [6.07, 6.45) is -2.81. The van der Waals surface area contributed by atoms with Gasteiger partial charge in [-0.2, -0.15) is 8.42 Å². The van der Waals surface area contributed by atoms with Gasteiger partial charge in [-0.1, -0.05) is 17.7 Å². The van der Waals surface area contributed by atoms with Crippen LogP contribution >= 0.6 is 0 Å². The second-order valence-electron chi connectivity index (χ2n) is 10.0. The molecule has 1 saturated carbocycles. The average molecular weight is 637 g/mol. The number of rotatable bonds is 23. The summed E-state index contributed by atoms with van der Waals surface area (Å²) < 4.78 is 92.8. The van der Waals surface area contributed by atoms with Gasteiger partial charge in [-0.05, 0) is 19.1 Å². The Morgan fingerprint density at radius 3 is 1.40 bits per heavy atom. The van der Waals surface area contributed by atoms with E-state index < -0.39 is 53.2 Å². The van der Waals surface area contributed by atoms with E-state index in [1.54, 1.807) is 26.4 Å². The Bertz CT molecular complexity index is 991. The van der Waals surface area contributed by atoms with Gasteiger partial charge < -0.3 is 52.1 Å². The molecule has 0 spiro atoms. The number of hydrogen-bond acceptors (Lipinski definition) is 14. The smallest absolute Gasteiger partial charge is 0.297 e. The normalized spacial score (nSPS) is 28.1.